The first kappa shape index (κ1) is 31.0. The molecule has 2 aliphatic heterocycles. The van der Waals surface area contributed by atoms with Crippen molar-refractivity contribution >= 4 is 55.0 Å². The number of nitrogens with zero attached hydrogens (tertiary/aromatic N) is 4. The molecule has 1 amide bonds. The maximum Gasteiger partial charge on any atom is 0.412 e. The number of benzene rings is 2. The smallest absolute Gasteiger partial charge is 0.412 e. The topological polar surface area (TPSA) is 100 Å². The van der Waals surface area contributed by atoms with Crippen molar-refractivity contribution in [1.82, 2.24) is 14.9 Å². The largest absolute Gasteiger partial charge is 0.461 e. The van der Waals surface area contributed by atoms with Gasteiger partial charge in [0.2, 0.25) is 0 Å². The van der Waals surface area contributed by atoms with Crippen LogP contribution >= 0.6 is 22.9 Å². The molecule has 3 fully saturated rings. The van der Waals surface area contributed by atoms with Crippen LogP contribution in [-0.4, -0.2) is 58.0 Å². The van der Waals surface area contributed by atoms with Crippen LogP contribution in [0.1, 0.15) is 70.1 Å². The molecule has 240 valence electrons. The zero-order chi connectivity index (χ0) is 32.5. The van der Waals surface area contributed by atoms with Crippen LogP contribution in [0.2, 0.25) is 5.02 Å². The molecule has 4 aromatic rings. The summed E-state index contributed by atoms with van der Waals surface area (Å²) < 4.78 is 57.8. The molecule has 0 bridgehead atoms. The van der Waals surface area contributed by atoms with Crippen LogP contribution in [0.15, 0.2) is 18.2 Å². The number of anilines is 1. The maximum absolute atomic E-state index is 16.8. The summed E-state index contributed by atoms with van der Waals surface area (Å²) in [5, 5.41) is 13.3. The first-order chi connectivity index (χ1) is 21.9. The van der Waals surface area contributed by atoms with Gasteiger partial charge in [-0.3, -0.25) is 10.2 Å². The van der Waals surface area contributed by atoms with Crippen molar-refractivity contribution in [3.63, 3.8) is 0 Å². The Morgan fingerprint density at radius 1 is 1.28 bits per heavy atom. The number of halogens is 4. The van der Waals surface area contributed by atoms with Crippen molar-refractivity contribution in [3.05, 3.63) is 46.1 Å². The van der Waals surface area contributed by atoms with Gasteiger partial charge in [-0.05, 0) is 70.7 Å². The first-order valence-electron chi connectivity index (χ1n) is 15.2. The molecule has 1 N–H and O–H groups in total. The minimum absolute atomic E-state index is 0.00597. The molecule has 1 aliphatic carbocycles. The lowest BCUT2D eigenvalue weighted by molar-refractivity contribution is 0.0636. The van der Waals surface area contributed by atoms with E-state index in [9.17, 15) is 14.4 Å². The van der Waals surface area contributed by atoms with Gasteiger partial charge < -0.3 is 9.47 Å². The van der Waals surface area contributed by atoms with Gasteiger partial charge >= 0.3 is 12.1 Å². The zero-order valence-corrected chi connectivity index (χ0v) is 27.0. The Morgan fingerprint density at radius 3 is 2.78 bits per heavy atom. The molecule has 4 heterocycles. The fourth-order valence-corrected chi connectivity index (χ4v) is 8.16. The summed E-state index contributed by atoms with van der Waals surface area (Å²) in [5.41, 5.74) is -0.578. The number of carbonyl (C=O) groups excluding carboxylic acids is 1. The van der Waals surface area contributed by atoms with Crippen molar-refractivity contribution < 1.29 is 27.4 Å². The minimum atomic E-state index is -0.923. The highest BCUT2D eigenvalue weighted by molar-refractivity contribution is 7.23. The van der Waals surface area contributed by atoms with Gasteiger partial charge in [0, 0.05) is 35.2 Å². The summed E-state index contributed by atoms with van der Waals surface area (Å²) in [6, 6.07) is 6.17. The molecule has 7 rings (SSSR count). The fourth-order valence-electron chi connectivity index (χ4n) is 6.80. The van der Waals surface area contributed by atoms with E-state index < -0.39 is 35.0 Å². The third-order valence-electron chi connectivity index (χ3n) is 8.87. The van der Waals surface area contributed by atoms with Crippen LogP contribution in [0.4, 0.5) is 23.0 Å². The van der Waals surface area contributed by atoms with E-state index in [-0.39, 0.29) is 60.9 Å². The Kier molecular flexibility index (Phi) is 7.57. The van der Waals surface area contributed by atoms with E-state index in [0.29, 0.717) is 24.0 Å². The fraction of sp³-hybridized carbons (Fsp3) is 0.455. The second-order valence-corrected chi connectivity index (χ2v) is 14.7. The Hall–Kier alpha value is -3.66. The molecule has 13 heteroatoms. The highest BCUT2D eigenvalue weighted by Crippen LogP contribution is 2.48. The van der Waals surface area contributed by atoms with E-state index in [1.54, 1.807) is 26.8 Å². The monoisotopic (exact) mass is 669 g/mol. The maximum atomic E-state index is 16.8. The number of hydrogen-bond acceptors (Lipinski definition) is 8. The molecule has 0 radical (unpaired) electrons. The van der Waals surface area contributed by atoms with Gasteiger partial charge in [-0.25, -0.2) is 18.0 Å². The second-order valence-electron chi connectivity index (χ2n) is 13.3. The molecule has 2 atom stereocenters. The number of nitriles is 1. The number of ether oxygens (including phenoxy) is 2. The summed E-state index contributed by atoms with van der Waals surface area (Å²) in [4.78, 5) is 23.8. The number of nitrogens with one attached hydrogen (secondary N) is 1. The normalized spacial score (nSPS) is 21.5. The summed E-state index contributed by atoms with van der Waals surface area (Å²) in [6.07, 6.45) is 2.14. The van der Waals surface area contributed by atoms with Crippen LogP contribution in [0.25, 0.3) is 32.1 Å². The summed E-state index contributed by atoms with van der Waals surface area (Å²) in [6.45, 7) is 6.45. The molecule has 46 heavy (non-hydrogen) atoms. The number of aromatic nitrogens is 2. The predicted octanol–water partition coefficient (Wildman–Crippen LogP) is 8.49. The standard InChI is InChI=1S/C33H31ClF3N5O3S/c1-32(2,3)45-31(43)41-29-20(13-38)23-18(7-8-22(36)28(23)46-29)24-21(34)11-19-26(16-5-6-16)39-30(40-27(19)25(24)37)44-15-33-9-4-10-42(33)14-17(35)12-33/h7-8,11,16-17H,4-6,9-10,12,14-15H2,1-3H3,(H,41,43)/t17-,33+/m1/s1. The van der Waals surface area contributed by atoms with E-state index in [0.717, 1.165) is 43.6 Å². The highest BCUT2D eigenvalue weighted by atomic mass is 35.5. The van der Waals surface area contributed by atoms with Gasteiger partial charge in [-0.1, -0.05) is 17.7 Å². The van der Waals surface area contributed by atoms with E-state index in [4.69, 9.17) is 21.1 Å². The zero-order valence-electron chi connectivity index (χ0n) is 25.5. The quantitative estimate of drug-likeness (QED) is 0.220. The molecule has 8 nitrogen and oxygen atoms in total. The highest BCUT2D eigenvalue weighted by Gasteiger charge is 2.49. The Morgan fingerprint density at radius 2 is 2.07 bits per heavy atom. The number of carbonyl (C=O) groups is 1. The van der Waals surface area contributed by atoms with Crippen LogP contribution in [0.3, 0.4) is 0 Å². The first-order valence-corrected chi connectivity index (χ1v) is 16.4. The summed E-state index contributed by atoms with van der Waals surface area (Å²) in [7, 11) is 0. The van der Waals surface area contributed by atoms with Crippen LogP contribution in [0.5, 0.6) is 6.01 Å². The predicted molar refractivity (Wildman–Crippen MR) is 170 cm³/mol. The van der Waals surface area contributed by atoms with E-state index >= 15 is 8.78 Å². The van der Waals surface area contributed by atoms with E-state index in [1.807, 2.05) is 6.07 Å². The van der Waals surface area contributed by atoms with Gasteiger partial charge in [0.1, 0.15) is 40.8 Å². The van der Waals surface area contributed by atoms with Crippen molar-refractivity contribution in [1.29, 1.82) is 5.26 Å². The summed E-state index contributed by atoms with van der Waals surface area (Å²) in [5.74, 6) is -1.32. The van der Waals surface area contributed by atoms with E-state index in [1.165, 1.54) is 12.1 Å². The van der Waals surface area contributed by atoms with Gasteiger partial charge in [-0.15, -0.1) is 11.3 Å². The second kappa shape index (κ2) is 11.2. The van der Waals surface area contributed by atoms with Crippen LogP contribution in [0, 0.1) is 23.0 Å². The number of hydrogen-bond donors (Lipinski definition) is 1. The molecule has 2 aromatic heterocycles. The number of thiophene rings is 1. The lowest BCUT2D eigenvalue weighted by Crippen LogP contribution is -2.43. The minimum Gasteiger partial charge on any atom is -0.461 e. The van der Waals surface area contributed by atoms with Gasteiger partial charge in [0.25, 0.3) is 0 Å². The number of rotatable bonds is 6. The number of alkyl halides is 1. The van der Waals surface area contributed by atoms with Gasteiger partial charge in [-0.2, -0.15) is 15.2 Å². The van der Waals surface area contributed by atoms with Gasteiger partial charge in [0.05, 0.1) is 26.5 Å². The Labute approximate surface area is 272 Å². The number of fused-ring (bicyclic) bond motifs is 3. The van der Waals surface area contributed by atoms with Crippen molar-refractivity contribution in [2.24, 2.45) is 0 Å². The molecular formula is C33H31ClF3N5O3S. The summed E-state index contributed by atoms with van der Waals surface area (Å²) >= 11 is 7.61. The molecule has 2 saturated heterocycles. The lowest BCUT2D eigenvalue weighted by Gasteiger charge is -2.30. The van der Waals surface area contributed by atoms with Crippen molar-refractivity contribution in [3.8, 4) is 23.2 Å². The molecule has 0 unspecified atom stereocenters. The van der Waals surface area contributed by atoms with Crippen LogP contribution in [-0.2, 0) is 4.74 Å². The average Bonchev–Trinajstić information content (AvgIpc) is 3.55. The van der Waals surface area contributed by atoms with Crippen molar-refractivity contribution in [2.75, 3.05) is 25.0 Å². The van der Waals surface area contributed by atoms with E-state index in [2.05, 4.69) is 20.2 Å². The number of amides is 1. The molecule has 3 aliphatic rings. The third kappa shape index (κ3) is 5.42. The average molecular weight is 670 g/mol. The SMILES string of the molecule is CC(C)(C)OC(=O)Nc1sc2c(F)ccc(-c3c(Cl)cc4c(C5CC5)nc(OC[C@@]56CCCN5C[C@H](F)C6)nc4c3F)c2c1C#N. The molecule has 1 saturated carbocycles. The molecule has 0 spiro atoms. The Bertz CT molecular complexity index is 1950. The Balaban J connectivity index is 1.33. The third-order valence-corrected chi connectivity index (χ3v) is 10.3. The van der Waals surface area contributed by atoms with Crippen molar-refractivity contribution in [2.45, 2.75) is 76.1 Å². The molecular weight excluding hydrogens is 639 g/mol. The lowest BCUT2D eigenvalue weighted by atomic mass is 9.95. The van der Waals surface area contributed by atoms with Crippen LogP contribution < -0.4 is 10.1 Å². The van der Waals surface area contributed by atoms with Gasteiger partial charge in [0.15, 0.2) is 5.82 Å². The molecule has 2 aromatic carbocycles.